The van der Waals surface area contributed by atoms with E-state index in [0.717, 1.165) is 25.4 Å². The summed E-state index contributed by atoms with van der Waals surface area (Å²) in [5, 5.41) is 13.3. The van der Waals surface area contributed by atoms with E-state index in [4.69, 9.17) is 0 Å². The fraction of sp³-hybridized carbons (Fsp3) is 0.944. The molecule has 3 rings (SSSR count). The lowest BCUT2D eigenvalue weighted by molar-refractivity contribution is -0.144. The standard InChI is InChI=1S/C18H32N2O2/c1-13(14-6-5-7-14)20-11-15(18(21)22)10-17(12-20)19-16-8-3-2-4-9-16/h13-17,19H,2-12H2,1H3,(H,21,22). The predicted octanol–water partition coefficient (Wildman–Crippen LogP) is 2.87. The van der Waals surface area contributed by atoms with E-state index in [2.05, 4.69) is 17.1 Å². The minimum atomic E-state index is -0.610. The van der Waals surface area contributed by atoms with Gasteiger partial charge in [0.25, 0.3) is 0 Å². The van der Waals surface area contributed by atoms with Crippen LogP contribution in [0.4, 0.5) is 0 Å². The molecule has 3 unspecified atom stereocenters. The Morgan fingerprint density at radius 3 is 2.36 bits per heavy atom. The Bertz CT molecular complexity index is 377. The quantitative estimate of drug-likeness (QED) is 0.820. The van der Waals surface area contributed by atoms with Gasteiger partial charge in [0.05, 0.1) is 5.92 Å². The van der Waals surface area contributed by atoms with Crippen LogP contribution in [0.15, 0.2) is 0 Å². The molecule has 1 saturated heterocycles. The maximum atomic E-state index is 11.6. The zero-order valence-electron chi connectivity index (χ0n) is 14.0. The van der Waals surface area contributed by atoms with E-state index < -0.39 is 5.97 Å². The molecular weight excluding hydrogens is 276 g/mol. The van der Waals surface area contributed by atoms with Crippen molar-refractivity contribution in [2.45, 2.75) is 82.8 Å². The van der Waals surface area contributed by atoms with Crippen LogP contribution in [-0.4, -0.2) is 47.2 Å². The molecular formula is C18H32N2O2. The van der Waals surface area contributed by atoms with Gasteiger partial charge in [-0.05, 0) is 44.9 Å². The van der Waals surface area contributed by atoms with Crippen LogP contribution in [0.25, 0.3) is 0 Å². The van der Waals surface area contributed by atoms with Gasteiger partial charge in [0.15, 0.2) is 0 Å². The Labute approximate surface area is 134 Å². The summed E-state index contributed by atoms with van der Waals surface area (Å²) in [6.45, 7) is 4.10. The van der Waals surface area contributed by atoms with E-state index in [1.54, 1.807) is 0 Å². The number of hydrogen-bond acceptors (Lipinski definition) is 3. The Hall–Kier alpha value is -0.610. The molecule has 126 valence electrons. The molecule has 2 N–H and O–H groups in total. The van der Waals surface area contributed by atoms with E-state index in [1.807, 2.05) is 0 Å². The van der Waals surface area contributed by atoms with Crippen LogP contribution in [0.3, 0.4) is 0 Å². The molecule has 2 saturated carbocycles. The average molecular weight is 308 g/mol. The lowest BCUT2D eigenvalue weighted by Crippen LogP contribution is -2.57. The van der Waals surface area contributed by atoms with Crippen molar-refractivity contribution in [2.24, 2.45) is 11.8 Å². The third-order valence-corrected chi connectivity index (χ3v) is 6.31. The first kappa shape index (κ1) is 16.3. The highest BCUT2D eigenvalue weighted by molar-refractivity contribution is 5.70. The molecule has 1 heterocycles. The average Bonchev–Trinajstić information content (AvgIpc) is 2.46. The molecule has 4 heteroatoms. The lowest BCUT2D eigenvalue weighted by atomic mass is 9.78. The van der Waals surface area contributed by atoms with Crippen molar-refractivity contribution in [3.63, 3.8) is 0 Å². The molecule has 0 aromatic rings. The summed E-state index contributed by atoms with van der Waals surface area (Å²) in [7, 11) is 0. The number of rotatable bonds is 5. The maximum Gasteiger partial charge on any atom is 0.307 e. The summed E-state index contributed by atoms with van der Waals surface area (Å²) in [6.07, 6.45) is 11.4. The van der Waals surface area contributed by atoms with Crippen molar-refractivity contribution in [1.29, 1.82) is 0 Å². The van der Waals surface area contributed by atoms with Gasteiger partial charge in [0.1, 0.15) is 0 Å². The van der Waals surface area contributed by atoms with Gasteiger partial charge in [-0.15, -0.1) is 0 Å². The third-order valence-electron chi connectivity index (χ3n) is 6.31. The Kier molecular flexibility index (Phi) is 5.40. The van der Waals surface area contributed by atoms with E-state index in [9.17, 15) is 9.90 Å². The van der Waals surface area contributed by atoms with Crippen LogP contribution in [0, 0.1) is 11.8 Å². The van der Waals surface area contributed by atoms with E-state index in [-0.39, 0.29) is 5.92 Å². The Morgan fingerprint density at radius 1 is 1.05 bits per heavy atom. The topological polar surface area (TPSA) is 52.6 Å². The first-order valence-electron chi connectivity index (χ1n) is 9.36. The summed E-state index contributed by atoms with van der Waals surface area (Å²) < 4.78 is 0. The van der Waals surface area contributed by atoms with Gasteiger partial charge in [-0.25, -0.2) is 0 Å². The molecule has 0 bridgehead atoms. The monoisotopic (exact) mass is 308 g/mol. The summed E-state index contributed by atoms with van der Waals surface area (Å²) in [4.78, 5) is 14.0. The normalized spacial score (nSPS) is 33.3. The van der Waals surface area contributed by atoms with Crippen molar-refractivity contribution in [3.8, 4) is 0 Å². The third kappa shape index (κ3) is 3.83. The molecule has 0 aromatic heterocycles. The highest BCUT2D eigenvalue weighted by Crippen LogP contribution is 2.34. The molecule has 0 radical (unpaired) electrons. The summed E-state index contributed by atoms with van der Waals surface area (Å²) in [5.41, 5.74) is 0. The number of hydrogen-bond donors (Lipinski definition) is 2. The minimum Gasteiger partial charge on any atom is -0.481 e. The molecule has 0 aromatic carbocycles. The van der Waals surface area contributed by atoms with Gasteiger partial charge in [0.2, 0.25) is 0 Å². The number of nitrogens with zero attached hydrogens (tertiary/aromatic N) is 1. The van der Waals surface area contributed by atoms with Crippen LogP contribution < -0.4 is 5.32 Å². The second kappa shape index (κ2) is 7.31. The fourth-order valence-corrected chi connectivity index (χ4v) is 4.59. The predicted molar refractivity (Wildman–Crippen MR) is 87.9 cm³/mol. The second-order valence-corrected chi connectivity index (χ2v) is 7.85. The number of carboxylic acids is 1. The number of nitrogens with one attached hydrogen (secondary N) is 1. The van der Waals surface area contributed by atoms with E-state index in [1.165, 1.54) is 51.4 Å². The smallest absolute Gasteiger partial charge is 0.307 e. The molecule has 2 aliphatic carbocycles. The van der Waals surface area contributed by atoms with Crippen molar-refractivity contribution < 1.29 is 9.90 Å². The van der Waals surface area contributed by atoms with Gasteiger partial charge < -0.3 is 10.4 Å². The molecule has 0 spiro atoms. The number of carbonyl (C=O) groups is 1. The van der Waals surface area contributed by atoms with Gasteiger partial charge in [-0.3, -0.25) is 9.69 Å². The van der Waals surface area contributed by atoms with Crippen molar-refractivity contribution in [2.75, 3.05) is 13.1 Å². The molecule has 1 aliphatic heterocycles. The highest BCUT2D eigenvalue weighted by atomic mass is 16.4. The minimum absolute atomic E-state index is 0.197. The van der Waals surface area contributed by atoms with Crippen molar-refractivity contribution in [1.82, 2.24) is 10.2 Å². The number of carboxylic acid groups (broad SMARTS) is 1. The van der Waals surface area contributed by atoms with Crippen LogP contribution >= 0.6 is 0 Å². The van der Waals surface area contributed by atoms with E-state index >= 15 is 0 Å². The SMILES string of the molecule is CC(C1CCC1)N1CC(NC2CCCCC2)CC(C(=O)O)C1. The maximum absolute atomic E-state index is 11.6. The second-order valence-electron chi connectivity index (χ2n) is 7.85. The molecule has 0 amide bonds. The molecule has 22 heavy (non-hydrogen) atoms. The highest BCUT2D eigenvalue weighted by Gasteiger charge is 2.37. The lowest BCUT2D eigenvalue weighted by Gasteiger charge is -2.45. The zero-order valence-corrected chi connectivity index (χ0v) is 14.0. The van der Waals surface area contributed by atoms with Crippen molar-refractivity contribution in [3.05, 3.63) is 0 Å². The summed E-state index contributed by atoms with van der Waals surface area (Å²) >= 11 is 0. The van der Waals surface area contributed by atoms with Crippen molar-refractivity contribution >= 4 is 5.97 Å². The zero-order chi connectivity index (χ0) is 15.5. The largest absolute Gasteiger partial charge is 0.481 e. The van der Waals surface area contributed by atoms with Gasteiger partial charge in [-0.2, -0.15) is 0 Å². The molecule has 3 aliphatic rings. The Balaban J connectivity index is 1.59. The van der Waals surface area contributed by atoms with Crippen LogP contribution in [-0.2, 0) is 4.79 Å². The molecule has 4 nitrogen and oxygen atoms in total. The fourth-order valence-electron chi connectivity index (χ4n) is 4.59. The van der Waals surface area contributed by atoms with Gasteiger partial charge >= 0.3 is 5.97 Å². The van der Waals surface area contributed by atoms with Crippen LogP contribution in [0.5, 0.6) is 0 Å². The summed E-state index contributed by atoms with van der Waals surface area (Å²) in [5.74, 6) is -0.0128. The first-order valence-corrected chi connectivity index (χ1v) is 9.36. The number of likely N-dealkylation sites (tertiary alicyclic amines) is 1. The molecule has 3 atom stereocenters. The van der Waals surface area contributed by atoms with Gasteiger partial charge in [0, 0.05) is 31.2 Å². The van der Waals surface area contributed by atoms with Gasteiger partial charge in [-0.1, -0.05) is 25.7 Å². The molecule has 3 fully saturated rings. The van der Waals surface area contributed by atoms with Crippen LogP contribution in [0.1, 0.15) is 64.7 Å². The Morgan fingerprint density at radius 2 is 1.77 bits per heavy atom. The van der Waals surface area contributed by atoms with Crippen LogP contribution in [0.2, 0.25) is 0 Å². The summed E-state index contributed by atoms with van der Waals surface area (Å²) in [6, 6.07) is 1.53. The number of piperidine rings is 1. The van der Waals surface area contributed by atoms with E-state index in [0.29, 0.717) is 18.1 Å². The number of aliphatic carboxylic acids is 1. The first-order chi connectivity index (χ1) is 10.6.